The first-order valence-electron chi connectivity index (χ1n) is 5.77. The van der Waals surface area contributed by atoms with Crippen LogP contribution in [-0.4, -0.2) is 53.7 Å². The van der Waals surface area contributed by atoms with E-state index in [-0.39, 0.29) is 12.5 Å². The van der Waals surface area contributed by atoms with Crippen molar-refractivity contribution in [2.75, 3.05) is 6.61 Å². The van der Waals surface area contributed by atoms with Crippen molar-refractivity contribution in [3.05, 3.63) is 0 Å². The van der Waals surface area contributed by atoms with Crippen LogP contribution in [0.2, 0.25) is 0 Å². The summed E-state index contributed by atoms with van der Waals surface area (Å²) in [6.45, 7) is 4.89. The topological polar surface area (TPSA) is 94.1 Å². The van der Waals surface area contributed by atoms with Crippen molar-refractivity contribution in [1.82, 2.24) is 5.32 Å². The predicted octanol–water partition coefficient (Wildman–Crippen LogP) is -0.505. The maximum Gasteiger partial charge on any atom is 0.335 e. The molecule has 2 heterocycles. The number of amides is 1. The average molecular weight is 259 g/mol. The Morgan fingerprint density at radius 2 is 1.89 bits per heavy atom. The molecule has 0 unspecified atom stereocenters. The van der Waals surface area contributed by atoms with Crippen LogP contribution in [0.15, 0.2) is 0 Å². The molecule has 2 saturated heterocycles. The van der Waals surface area contributed by atoms with E-state index in [4.69, 9.17) is 19.3 Å². The van der Waals surface area contributed by atoms with Gasteiger partial charge in [0.15, 0.2) is 11.9 Å². The summed E-state index contributed by atoms with van der Waals surface area (Å²) in [7, 11) is 0. The van der Waals surface area contributed by atoms with Crippen LogP contribution in [0, 0.1) is 0 Å². The van der Waals surface area contributed by atoms with Gasteiger partial charge in [-0.1, -0.05) is 0 Å². The van der Waals surface area contributed by atoms with Crippen LogP contribution >= 0.6 is 0 Å². The minimum atomic E-state index is -1.09. The maximum atomic E-state index is 11.1. The standard InChI is InChI=1S/C11H17NO6/c1-5(13)12-6-4-16-9(10(14)15)8-7(6)17-11(2,3)18-8/h6-9H,4H2,1-3H3,(H,12,13)(H,14,15)/t6-,7+,8+,9-/m0/s1. The van der Waals surface area contributed by atoms with Gasteiger partial charge < -0.3 is 24.6 Å². The molecule has 2 N–H and O–H groups in total. The number of hydrogen-bond donors (Lipinski definition) is 2. The number of fused-ring (bicyclic) bond motifs is 1. The summed E-state index contributed by atoms with van der Waals surface area (Å²) in [5, 5.41) is 11.8. The van der Waals surface area contributed by atoms with Gasteiger partial charge in [-0.15, -0.1) is 0 Å². The molecule has 0 aliphatic carbocycles. The zero-order valence-electron chi connectivity index (χ0n) is 10.5. The van der Waals surface area contributed by atoms with Gasteiger partial charge in [0.1, 0.15) is 12.2 Å². The largest absolute Gasteiger partial charge is 0.479 e. The molecule has 4 atom stereocenters. The highest BCUT2D eigenvalue weighted by Gasteiger charge is 2.54. The van der Waals surface area contributed by atoms with Crippen LogP contribution in [0.25, 0.3) is 0 Å². The van der Waals surface area contributed by atoms with Gasteiger partial charge in [0.05, 0.1) is 12.6 Å². The van der Waals surface area contributed by atoms with Crippen LogP contribution < -0.4 is 5.32 Å². The smallest absolute Gasteiger partial charge is 0.335 e. The fourth-order valence-electron chi connectivity index (χ4n) is 2.36. The molecule has 0 aromatic rings. The van der Waals surface area contributed by atoms with Crippen molar-refractivity contribution in [2.24, 2.45) is 0 Å². The maximum absolute atomic E-state index is 11.1. The van der Waals surface area contributed by atoms with E-state index in [1.807, 2.05) is 0 Å². The number of rotatable bonds is 2. The van der Waals surface area contributed by atoms with Gasteiger partial charge in [0.2, 0.25) is 5.91 Å². The number of carboxylic acids is 1. The molecule has 0 saturated carbocycles. The summed E-state index contributed by atoms with van der Waals surface area (Å²) < 4.78 is 16.5. The molecule has 0 spiro atoms. The summed E-state index contributed by atoms with van der Waals surface area (Å²) in [4.78, 5) is 22.2. The molecule has 2 aliphatic heterocycles. The van der Waals surface area contributed by atoms with Crippen LogP contribution in [0.3, 0.4) is 0 Å². The van der Waals surface area contributed by atoms with Crippen molar-refractivity contribution in [3.63, 3.8) is 0 Å². The van der Waals surface area contributed by atoms with Gasteiger partial charge in [-0.05, 0) is 13.8 Å². The van der Waals surface area contributed by atoms with Gasteiger partial charge >= 0.3 is 5.97 Å². The first-order chi connectivity index (χ1) is 8.30. The summed E-state index contributed by atoms with van der Waals surface area (Å²) >= 11 is 0. The highest BCUT2D eigenvalue weighted by atomic mass is 16.8. The summed E-state index contributed by atoms with van der Waals surface area (Å²) in [5.41, 5.74) is 0. The summed E-state index contributed by atoms with van der Waals surface area (Å²) in [6.07, 6.45) is -2.30. The lowest BCUT2D eigenvalue weighted by molar-refractivity contribution is -0.175. The van der Waals surface area contributed by atoms with Crippen LogP contribution in [0.1, 0.15) is 20.8 Å². The zero-order valence-corrected chi connectivity index (χ0v) is 10.5. The average Bonchev–Trinajstić information content (AvgIpc) is 2.52. The number of carbonyl (C=O) groups is 2. The molecule has 18 heavy (non-hydrogen) atoms. The van der Waals surface area contributed by atoms with Gasteiger partial charge in [-0.3, -0.25) is 4.79 Å². The lowest BCUT2D eigenvalue weighted by atomic mass is 9.98. The Morgan fingerprint density at radius 3 is 2.44 bits per heavy atom. The third-order valence-corrected chi connectivity index (χ3v) is 2.95. The second-order valence-electron chi connectivity index (χ2n) is 4.96. The molecule has 7 nitrogen and oxygen atoms in total. The molecule has 2 rings (SSSR count). The molecule has 102 valence electrons. The van der Waals surface area contributed by atoms with Crippen LogP contribution in [0.4, 0.5) is 0 Å². The van der Waals surface area contributed by atoms with E-state index in [0.29, 0.717) is 0 Å². The lowest BCUT2D eigenvalue weighted by Crippen LogP contribution is -2.59. The minimum absolute atomic E-state index is 0.0944. The van der Waals surface area contributed by atoms with E-state index < -0.39 is 36.1 Å². The molecular formula is C11H17NO6. The first kappa shape index (κ1) is 13.3. The third kappa shape index (κ3) is 2.47. The Bertz CT molecular complexity index is 369. The molecule has 0 aromatic carbocycles. The fourth-order valence-corrected chi connectivity index (χ4v) is 2.36. The molecule has 0 radical (unpaired) electrons. The van der Waals surface area contributed by atoms with Crippen molar-refractivity contribution >= 4 is 11.9 Å². The molecule has 1 amide bonds. The molecule has 7 heteroatoms. The normalized spacial score (nSPS) is 37.9. The van der Waals surface area contributed by atoms with E-state index in [9.17, 15) is 9.59 Å². The van der Waals surface area contributed by atoms with Gasteiger partial charge in [0, 0.05) is 6.92 Å². The minimum Gasteiger partial charge on any atom is -0.479 e. The van der Waals surface area contributed by atoms with Gasteiger partial charge in [-0.25, -0.2) is 4.79 Å². The van der Waals surface area contributed by atoms with Crippen molar-refractivity contribution in [3.8, 4) is 0 Å². The fraction of sp³-hybridized carbons (Fsp3) is 0.818. The molecule has 0 aromatic heterocycles. The van der Waals surface area contributed by atoms with E-state index in [1.165, 1.54) is 6.92 Å². The second kappa shape index (κ2) is 4.49. The van der Waals surface area contributed by atoms with E-state index in [1.54, 1.807) is 13.8 Å². The number of ether oxygens (including phenoxy) is 3. The van der Waals surface area contributed by atoms with Crippen molar-refractivity contribution in [2.45, 2.75) is 50.9 Å². The second-order valence-corrected chi connectivity index (χ2v) is 4.96. The SMILES string of the molecule is CC(=O)N[C@H]1CO[C@H](C(=O)O)[C@@H]2OC(C)(C)O[C@@H]21. The molecule has 2 aliphatic rings. The number of carboxylic acid groups (broad SMARTS) is 1. The Morgan fingerprint density at radius 1 is 1.28 bits per heavy atom. The molecule has 0 bridgehead atoms. The van der Waals surface area contributed by atoms with E-state index in [0.717, 1.165) is 0 Å². The third-order valence-electron chi connectivity index (χ3n) is 2.95. The lowest BCUT2D eigenvalue weighted by Gasteiger charge is -2.35. The molecule has 2 fully saturated rings. The Balaban J connectivity index is 2.18. The van der Waals surface area contributed by atoms with Crippen LogP contribution in [0.5, 0.6) is 0 Å². The van der Waals surface area contributed by atoms with Crippen LogP contribution in [-0.2, 0) is 23.8 Å². The van der Waals surface area contributed by atoms with E-state index >= 15 is 0 Å². The number of aliphatic carboxylic acids is 1. The Hall–Kier alpha value is -1.18. The van der Waals surface area contributed by atoms with Crippen molar-refractivity contribution < 1.29 is 28.9 Å². The summed E-state index contributed by atoms with van der Waals surface area (Å²) in [6, 6.07) is -0.398. The molecular weight excluding hydrogens is 242 g/mol. The highest BCUT2D eigenvalue weighted by molar-refractivity contribution is 5.75. The van der Waals surface area contributed by atoms with Gasteiger partial charge in [-0.2, -0.15) is 0 Å². The predicted molar refractivity (Wildman–Crippen MR) is 58.8 cm³/mol. The monoisotopic (exact) mass is 259 g/mol. The number of nitrogens with one attached hydrogen (secondary N) is 1. The Kier molecular flexibility index (Phi) is 3.31. The summed E-state index contributed by atoms with van der Waals surface area (Å²) in [5.74, 6) is -2.19. The highest BCUT2D eigenvalue weighted by Crippen LogP contribution is 2.35. The van der Waals surface area contributed by atoms with E-state index in [2.05, 4.69) is 5.32 Å². The quantitative estimate of drug-likeness (QED) is 0.694. The van der Waals surface area contributed by atoms with Crippen molar-refractivity contribution in [1.29, 1.82) is 0 Å². The first-order valence-corrected chi connectivity index (χ1v) is 5.77. The number of hydrogen-bond acceptors (Lipinski definition) is 5. The number of carbonyl (C=O) groups excluding carboxylic acids is 1. The Labute approximate surface area is 104 Å². The van der Waals surface area contributed by atoms with Gasteiger partial charge in [0.25, 0.3) is 0 Å². The zero-order chi connectivity index (χ0) is 13.5.